The van der Waals surface area contributed by atoms with Crippen LogP contribution in [0.1, 0.15) is 16.7 Å². The van der Waals surface area contributed by atoms with Crippen LogP contribution in [0.25, 0.3) is 11.2 Å². The minimum absolute atomic E-state index is 0.210. The highest BCUT2D eigenvalue weighted by molar-refractivity contribution is 6.31. The second kappa shape index (κ2) is 9.20. The third-order valence-electron chi connectivity index (χ3n) is 5.18. The lowest BCUT2D eigenvalue weighted by molar-refractivity contribution is -0.121. The Hall–Kier alpha value is -3.71. The predicted molar refractivity (Wildman–Crippen MR) is 124 cm³/mol. The van der Waals surface area contributed by atoms with Gasteiger partial charge in [-0.3, -0.25) is 23.5 Å². The number of pyridine rings is 1. The molecule has 2 aromatic heterocycles. The number of aryl methyl sites for hydroxylation is 1. The Morgan fingerprint density at radius 2 is 1.69 bits per heavy atom. The topological polar surface area (TPSA) is 86.0 Å². The van der Waals surface area contributed by atoms with Gasteiger partial charge in [0.25, 0.3) is 0 Å². The molecule has 1 N–H and O–H groups in total. The van der Waals surface area contributed by atoms with E-state index in [1.54, 1.807) is 36.5 Å². The first-order chi connectivity index (χ1) is 15.4. The molecule has 0 bridgehead atoms. The van der Waals surface area contributed by atoms with Crippen molar-refractivity contribution in [3.05, 3.63) is 109 Å². The molecular formula is C24H21ClN4O3. The van der Waals surface area contributed by atoms with Crippen LogP contribution in [0.15, 0.2) is 76.4 Å². The number of amides is 1. The van der Waals surface area contributed by atoms with E-state index in [4.69, 9.17) is 11.6 Å². The molecule has 0 fully saturated rings. The average molecular weight is 449 g/mol. The van der Waals surface area contributed by atoms with E-state index in [-0.39, 0.29) is 19.6 Å². The van der Waals surface area contributed by atoms with Crippen molar-refractivity contribution in [1.29, 1.82) is 0 Å². The number of halogens is 1. The molecule has 32 heavy (non-hydrogen) atoms. The molecular weight excluding hydrogens is 428 g/mol. The molecule has 0 unspecified atom stereocenters. The maximum absolute atomic E-state index is 12.9. The summed E-state index contributed by atoms with van der Waals surface area (Å²) in [4.78, 5) is 42.7. The van der Waals surface area contributed by atoms with Gasteiger partial charge in [-0.25, -0.2) is 4.98 Å². The van der Waals surface area contributed by atoms with Crippen molar-refractivity contribution in [3.8, 4) is 0 Å². The summed E-state index contributed by atoms with van der Waals surface area (Å²) in [5.41, 5.74) is 1.99. The summed E-state index contributed by atoms with van der Waals surface area (Å²) in [6.45, 7) is 2.10. The van der Waals surface area contributed by atoms with Crippen LogP contribution in [-0.4, -0.2) is 20.0 Å². The monoisotopic (exact) mass is 448 g/mol. The lowest BCUT2D eigenvalue weighted by Crippen LogP contribution is -2.44. The average Bonchev–Trinajstić information content (AvgIpc) is 2.80. The van der Waals surface area contributed by atoms with Crippen LogP contribution >= 0.6 is 11.6 Å². The number of aromatic nitrogens is 3. The van der Waals surface area contributed by atoms with Gasteiger partial charge in [-0.15, -0.1) is 0 Å². The number of carbonyl (C=O) groups excluding carboxylic acids is 1. The first kappa shape index (κ1) is 21.5. The van der Waals surface area contributed by atoms with E-state index in [2.05, 4.69) is 10.3 Å². The van der Waals surface area contributed by atoms with Gasteiger partial charge in [0, 0.05) is 17.8 Å². The molecule has 4 aromatic rings. The lowest BCUT2D eigenvalue weighted by Gasteiger charge is -2.14. The van der Waals surface area contributed by atoms with Gasteiger partial charge in [-0.05, 0) is 36.2 Å². The number of nitrogens with zero attached hydrogens (tertiary/aromatic N) is 3. The van der Waals surface area contributed by atoms with Gasteiger partial charge in [0.15, 0.2) is 5.65 Å². The van der Waals surface area contributed by atoms with E-state index in [1.165, 1.54) is 4.57 Å². The molecule has 7 nitrogen and oxygen atoms in total. The maximum Gasteiger partial charge on any atom is 0.318 e. The summed E-state index contributed by atoms with van der Waals surface area (Å²) in [6, 6.07) is 18.2. The standard InChI is InChI=1S/C24H21ClN4O3/c1-16-8-10-17(11-9-16)14-29-22-20(7-4-12-26-22)28(23(31)24(29)32)15-21(30)27-13-18-5-2-3-6-19(18)25/h2-12H,13-15H2,1H3,(H,27,30). The van der Waals surface area contributed by atoms with E-state index in [0.29, 0.717) is 16.2 Å². The summed E-state index contributed by atoms with van der Waals surface area (Å²) < 4.78 is 2.51. The Labute approximate surface area is 188 Å². The Balaban J connectivity index is 1.65. The largest absolute Gasteiger partial charge is 0.350 e. The molecule has 4 rings (SSSR count). The van der Waals surface area contributed by atoms with Crippen LogP contribution in [-0.2, 0) is 24.4 Å². The fourth-order valence-corrected chi connectivity index (χ4v) is 3.66. The zero-order valence-electron chi connectivity index (χ0n) is 17.4. The number of nitrogens with one attached hydrogen (secondary N) is 1. The Morgan fingerprint density at radius 3 is 2.44 bits per heavy atom. The van der Waals surface area contributed by atoms with Gasteiger partial charge in [0.05, 0.1) is 12.1 Å². The molecule has 0 saturated heterocycles. The normalized spacial score (nSPS) is 10.9. The molecule has 0 saturated carbocycles. The minimum atomic E-state index is -0.773. The fraction of sp³-hybridized carbons (Fsp3) is 0.167. The lowest BCUT2D eigenvalue weighted by atomic mass is 10.1. The molecule has 0 radical (unpaired) electrons. The van der Waals surface area contributed by atoms with E-state index in [1.807, 2.05) is 37.3 Å². The highest BCUT2D eigenvalue weighted by Crippen LogP contribution is 2.14. The van der Waals surface area contributed by atoms with Gasteiger partial charge in [-0.2, -0.15) is 0 Å². The van der Waals surface area contributed by atoms with Gasteiger partial charge in [-0.1, -0.05) is 59.6 Å². The van der Waals surface area contributed by atoms with Crippen LogP contribution < -0.4 is 16.4 Å². The quantitative estimate of drug-likeness (QED) is 0.459. The van der Waals surface area contributed by atoms with Crippen LogP contribution in [0.5, 0.6) is 0 Å². The van der Waals surface area contributed by atoms with E-state index in [9.17, 15) is 14.4 Å². The first-order valence-corrected chi connectivity index (χ1v) is 10.5. The van der Waals surface area contributed by atoms with Crippen molar-refractivity contribution in [3.63, 3.8) is 0 Å². The van der Waals surface area contributed by atoms with Crippen LogP contribution in [0.4, 0.5) is 0 Å². The molecule has 0 spiro atoms. The molecule has 2 heterocycles. The van der Waals surface area contributed by atoms with E-state index >= 15 is 0 Å². The highest BCUT2D eigenvalue weighted by Gasteiger charge is 2.16. The Bertz CT molecular complexity index is 1410. The van der Waals surface area contributed by atoms with E-state index < -0.39 is 17.0 Å². The molecule has 1 amide bonds. The summed E-state index contributed by atoms with van der Waals surface area (Å²) in [7, 11) is 0. The number of carbonyl (C=O) groups is 1. The third-order valence-corrected chi connectivity index (χ3v) is 5.55. The molecule has 0 aliphatic heterocycles. The number of benzene rings is 2. The molecule has 2 aromatic carbocycles. The maximum atomic E-state index is 12.9. The number of hydrogen-bond donors (Lipinski definition) is 1. The zero-order chi connectivity index (χ0) is 22.7. The van der Waals surface area contributed by atoms with Crippen molar-refractivity contribution in [2.24, 2.45) is 0 Å². The summed E-state index contributed by atoms with van der Waals surface area (Å²) in [5.74, 6) is -0.409. The van der Waals surface area contributed by atoms with Crippen LogP contribution in [0.2, 0.25) is 5.02 Å². The minimum Gasteiger partial charge on any atom is -0.350 e. The smallest absolute Gasteiger partial charge is 0.318 e. The molecule has 0 aliphatic rings. The van der Waals surface area contributed by atoms with Gasteiger partial charge in [0.1, 0.15) is 6.54 Å². The number of fused-ring (bicyclic) bond motifs is 1. The van der Waals surface area contributed by atoms with Gasteiger partial charge < -0.3 is 5.32 Å². The molecule has 0 atom stereocenters. The van der Waals surface area contributed by atoms with Crippen molar-refractivity contribution >= 4 is 28.7 Å². The molecule has 162 valence electrons. The second-order valence-corrected chi connectivity index (χ2v) is 7.89. The predicted octanol–water partition coefficient (Wildman–Crippen LogP) is 2.88. The number of rotatable bonds is 6. The summed E-state index contributed by atoms with van der Waals surface area (Å²) >= 11 is 6.13. The molecule has 8 heteroatoms. The van der Waals surface area contributed by atoms with Gasteiger partial charge in [0.2, 0.25) is 5.91 Å². The fourth-order valence-electron chi connectivity index (χ4n) is 3.46. The van der Waals surface area contributed by atoms with Crippen LogP contribution in [0.3, 0.4) is 0 Å². The third kappa shape index (κ3) is 4.48. The van der Waals surface area contributed by atoms with Crippen molar-refractivity contribution in [2.45, 2.75) is 26.6 Å². The van der Waals surface area contributed by atoms with Gasteiger partial charge >= 0.3 is 11.1 Å². The summed E-state index contributed by atoms with van der Waals surface area (Å²) in [6.07, 6.45) is 1.56. The van der Waals surface area contributed by atoms with E-state index in [0.717, 1.165) is 21.3 Å². The number of hydrogen-bond acceptors (Lipinski definition) is 4. The first-order valence-electron chi connectivity index (χ1n) is 10.1. The van der Waals surface area contributed by atoms with Crippen molar-refractivity contribution < 1.29 is 4.79 Å². The highest BCUT2D eigenvalue weighted by atomic mass is 35.5. The zero-order valence-corrected chi connectivity index (χ0v) is 18.2. The Kier molecular flexibility index (Phi) is 6.18. The SMILES string of the molecule is Cc1ccc(Cn2c(=O)c(=O)n(CC(=O)NCc3ccccc3Cl)c3cccnc32)cc1. The van der Waals surface area contributed by atoms with Crippen molar-refractivity contribution in [2.75, 3.05) is 0 Å². The Morgan fingerprint density at radius 1 is 0.969 bits per heavy atom. The molecule has 0 aliphatic carbocycles. The van der Waals surface area contributed by atoms with Crippen molar-refractivity contribution in [1.82, 2.24) is 19.4 Å². The van der Waals surface area contributed by atoms with Crippen LogP contribution in [0, 0.1) is 6.92 Å². The second-order valence-electron chi connectivity index (χ2n) is 7.48. The summed E-state index contributed by atoms with van der Waals surface area (Å²) in [5, 5.41) is 3.29.